The minimum atomic E-state index is 0.306. The van der Waals surface area contributed by atoms with Crippen LogP contribution in [0.1, 0.15) is 40.0 Å². The third-order valence-electron chi connectivity index (χ3n) is 3.58. The fourth-order valence-electron chi connectivity index (χ4n) is 2.39. The average molecular weight is 243 g/mol. The van der Waals surface area contributed by atoms with Gasteiger partial charge in [0.25, 0.3) is 0 Å². The molecular formula is C14H29NO2. The number of hydrogen-bond acceptors (Lipinski definition) is 3. The number of rotatable bonds is 6. The second-order valence-electron chi connectivity index (χ2n) is 5.49. The first-order valence-electron chi connectivity index (χ1n) is 7.01. The molecule has 2 unspecified atom stereocenters. The van der Waals surface area contributed by atoms with Crippen LogP contribution in [0.4, 0.5) is 0 Å². The van der Waals surface area contributed by atoms with E-state index >= 15 is 0 Å². The molecule has 0 aromatic carbocycles. The zero-order chi connectivity index (χ0) is 12.7. The second kappa shape index (κ2) is 8.06. The molecule has 0 bridgehead atoms. The Hall–Kier alpha value is -0.120. The number of likely N-dealkylation sites (tertiary alicyclic amines) is 1. The van der Waals surface area contributed by atoms with E-state index in [1.165, 1.54) is 32.4 Å². The second-order valence-corrected chi connectivity index (χ2v) is 5.49. The van der Waals surface area contributed by atoms with E-state index in [0.29, 0.717) is 18.8 Å². The van der Waals surface area contributed by atoms with Crippen LogP contribution in [0, 0.1) is 5.92 Å². The van der Waals surface area contributed by atoms with Gasteiger partial charge in [-0.25, -0.2) is 0 Å². The lowest BCUT2D eigenvalue weighted by molar-refractivity contribution is -0.0282. The highest BCUT2D eigenvalue weighted by Crippen LogP contribution is 2.22. The van der Waals surface area contributed by atoms with Crippen LogP contribution in [0.5, 0.6) is 0 Å². The molecule has 1 saturated heterocycles. The van der Waals surface area contributed by atoms with Crippen LogP contribution in [-0.2, 0) is 9.47 Å². The molecule has 1 aliphatic heterocycles. The van der Waals surface area contributed by atoms with Crippen LogP contribution in [-0.4, -0.2) is 50.5 Å². The molecule has 0 radical (unpaired) electrons. The van der Waals surface area contributed by atoms with Crippen molar-refractivity contribution < 1.29 is 9.47 Å². The molecule has 0 spiro atoms. The lowest BCUT2D eigenvalue weighted by atomic mass is 9.95. The molecule has 1 aliphatic rings. The topological polar surface area (TPSA) is 21.7 Å². The summed E-state index contributed by atoms with van der Waals surface area (Å²) in [5.74, 6) is 0.721. The van der Waals surface area contributed by atoms with E-state index in [9.17, 15) is 0 Å². The molecule has 3 nitrogen and oxygen atoms in total. The van der Waals surface area contributed by atoms with Crippen molar-refractivity contribution in [1.29, 1.82) is 0 Å². The molecule has 102 valence electrons. The van der Waals surface area contributed by atoms with Crippen molar-refractivity contribution in [1.82, 2.24) is 4.90 Å². The predicted octanol–water partition coefficient (Wildman–Crippen LogP) is 2.55. The van der Waals surface area contributed by atoms with Crippen molar-refractivity contribution in [2.75, 3.05) is 33.4 Å². The number of ether oxygens (including phenoxy) is 2. The molecule has 1 rings (SSSR count). The highest BCUT2D eigenvalue weighted by atomic mass is 16.5. The minimum Gasteiger partial charge on any atom is -0.376 e. The molecule has 0 aromatic heterocycles. The summed E-state index contributed by atoms with van der Waals surface area (Å²) >= 11 is 0. The van der Waals surface area contributed by atoms with Gasteiger partial charge in [0, 0.05) is 0 Å². The maximum absolute atomic E-state index is 5.88. The van der Waals surface area contributed by atoms with E-state index < -0.39 is 0 Å². The van der Waals surface area contributed by atoms with Crippen LogP contribution < -0.4 is 0 Å². The van der Waals surface area contributed by atoms with Crippen molar-refractivity contribution in [3.8, 4) is 0 Å². The Labute approximate surface area is 106 Å². The first-order chi connectivity index (χ1) is 8.09. The lowest BCUT2D eigenvalue weighted by Gasteiger charge is -2.23. The van der Waals surface area contributed by atoms with Gasteiger partial charge in [0.1, 0.15) is 0 Å². The van der Waals surface area contributed by atoms with E-state index in [1.807, 2.05) is 0 Å². The maximum atomic E-state index is 5.88. The lowest BCUT2D eigenvalue weighted by Crippen LogP contribution is -2.25. The molecular weight excluding hydrogens is 214 g/mol. The van der Waals surface area contributed by atoms with Gasteiger partial charge in [0.15, 0.2) is 0 Å². The summed E-state index contributed by atoms with van der Waals surface area (Å²) in [5, 5.41) is 0. The summed E-state index contributed by atoms with van der Waals surface area (Å²) in [4.78, 5) is 2.43. The van der Waals surface area contributed by atoms with Crippen molar-refractivity contribution in [3.05, 3.63) is 0 Å². The molecule has 0 N–H and O–H groups in total. The van der Waals surface area contributed by atoms with Crippen LogP contribution in [0.3, 0.4) is 0 Å². The molecule has 0 aliphatic carbocycles. The van der Waals surface area contributed by atoms with E-state index in [1.54, 1.807) is 0 Å². The van der Waals surface area contributed by atoms with E-state index in [0.717, 1.165) is 12.5 Å². The summed E-state index contributed by atoms with van der Waals surface area (Å²) in [6.45, 7) is 10.2. The molecule has 17 heavy (non-hydrogen) atoms. The Bertz CT molecular complexity index is 197. The quantitative estimate of drug-likeness (QED) is 0.669. The van der Waals surface area contributed by atoms with Gasteiger partial charge in [0.05, 0.1) is 25.4 Å². The fraction of sp³-hybridized carbons (Fsp3) is 1.00. The molecule has 1 fully saturated rings. The van der Waals surface area contributed by atoms with Gasteiger partial charge in [-0.1, -0.05) is 0 Å². The third-order valence-corrected chi connectivity index (χ3v) is 3.58. The summed E-state index contributed by atoms with van der Waals surface area (Å²) in [6, 6.07) is 0. The molecule has 0 amide bonds. The number of hydrogen-bond donors (Lipinski definition) is 0. The average Bonchev–Trinajstić information content (AvgIpc) is 2.49. The van der Waals surface area contributed by atoms with E-state index in [4.69, 9.17) is 9.47 Å². The van der Waals surface area contributed by atoms with Gasteiger partial charge in [0.2, 0.25) is 0 Å². The zero-order valence-corrected chi connectivity index (χ0v) is 11.9. The summed E-state index contributed by atoms with van der Waals surface area (Å²) < 4.78 is 11.4. The van der Waals surface area contributed by atoms with Gasteiger partial charge >= 0.3 is 0 Å². The van der Waals surface area contributed by atoms with Gasteiger partial charge < -0.3 is 14.4 Å². The molecule has 0 aromatic rings. The van der Waals surface area contributed by atoms with Crippen molar-refractivity contribution in [3.63, 3.8) is 0 Å². The highest BCUT2D eigenvalue weighted by molar-refractivity contribution is 4.72. The first-order valence-corrected chi connectivity index (χ1v) is 7.01. The summed E-state index contributed by atoms with van der Waals surface area (Å²) in [7, 11) is 2.21. The van der Waals surface area contributed by atoms with Crippen molar-refractivity contribution >= 4 is 0 Å². The van der Waals surface area contributed by atoms with E-state index in [-0.39, 0.29) is 0 Å². The smallest absolute Gasteiger partial charge is 0.0704 e. The Balaban J connectivity index is 2.15. The molecule has 1 heterocycles. The fourth-order valence-corrected chi connectivity index (χ4v) is 2.39. The molecule has 3 heteroatoms. The van der Waals surface area contributed by atoms with Crippen LogP contribution in [0.25, 0.3) is 0 Å². The van der Waals surface area contributed by atoms with Gasteiger partial charge in [-0.2, -0.15) is 0 Å². The highest BCUT2D eigenvalue weighted by Gasteiger charge is 2.20. The molecule has 0 saturated carbocycles. The predicted molar refractivity (Wildman–Crippen MR) is 71.3 cm³/mol. The van der Waals surface area contributed by atoms with E-state index in [2.05, 4.69) is 32.7 Å². The Morgan fingerprint density at radius 1 is 1.06 bits per heavy atom. The molecule has 2 atom stereocenters. The van der Waals surface area contributed by atoms with Crippen molar-refractivity contribution in [2.45, 2.75) is 52.2 Å². The zero-order valence-electron chi connectivity index (χ0n) is 11.9. The third kappa shape index (κ3) is 6.39. The first kappa shape index (κ1) is 14.9. The minimum absolute atomic E-state index is 0.306. The van der Waals surface area contributed by atoms with Crippen molar-refractivity contribution in [2.24, 2.45) is 5.92 Å². The van der Waals surface area contributed by atoms with Crippen LogP contribution >= 0.6 is 0 Å². The summed E-state index contributed by atoms with van der Waals surface area (Å²) in [5.41, 5.74) is 0. The standard InChI is InChI=1S/C14H29NO2/c1-12(2)16-10-11-17-13(3)14-6-5-8-15(4)9-7-14/h12-14H,5-11H2,1-4H3. The van der Waals surface area contributed by atoms with Gasteiger partial charge in [-0.05, 0) is 66.1 Å². The monoisotopic (exact) mass is 243 g/mol. The maximum Gasteiger partial charge on any atom is 0.0704 e. The van der Waals surface area contributed by atoms with Crippen LogP contribution in [0.15, 0.2) is 0 Å². The SMILES string of the molecule is CC(C)OCCOC(C)C1CCCN(C)CC1. The Morgan fingerprint density at radius 3 is 2.47 bits per heavy atom. The van der Waals surface area contributed by atoms with Gasteiger partial charge in [-0.3, -0.25) is 0 Å². The normalized spacial score (nSPS) is 24.9. The largest absolute Gasteiger partial charge is 0.376 e. The van der Waals surface area contributed by atoms with Gasteiger partial charge in [-0.15, -0.1) is 0 Å². The Morgan fingerprint density at radius 2 is 1.76 bits per heavy atom. The Kier molecular flexibility index (Phi) is 7.09. The summed E-state index contributed by atoms with van der Waals surface area (Å²) in [6.07, 6.45) is 4.55. The van der Waals surface area contributed by atoms with Crippen LogP contribution in [0.2, 0.25) is 0 Å². The number of nitrogens with zero attached hydrogens (tertiary/aromatic N) is 1.